The molecule has 0 fully saturated rings. The van der Waals surface area contributed by atoms with Crippen molar-refractivity contribution in [1.82, 2.24) is 4.57 Å². The van der Waals surface area contributed by atoms with Crippen LogP contribution in [0.1, 0.15) is 31.2 Å². The summed E-state index contributed by atoms with van der Waals surface area (Å²) in [6.07, 6.45) is 1.66. The summed E-state index contributed by atoms with van der Waals surface area (Å²) >= 11 is 13.7. The number of hydrogen-bond donors (Lipinski definition) is 0. The van der Waals surface area contributed by atoms with Crippen LogP contribution in [0.4, 0.5) is 0 Å². The molecule has 5 rings (SSSR count). The van der Waals surface area contributed by atoms with Gasteiger partial charge in [-0.15, -0.1) is 0 Å². The summed E-state index contributed by atoms with van der Waals surface area (Å²) < 4.78 is 13.2. The van der Waals surface area contributed by atoms with Crippen LogP contribution < -0.4 is 14.9 Å². The minimum atomic E-state index is -0.652. The largest absolute Gasteiger partial charge is 0.463 e. The van der Waals surface area contributed by atoms with Crippen molar-refractivity contribution in [2.75, 3.05) is 6.61 Å². The number of nitrogens with zero attached hydrogens (tertiary/aromatic N) is 2. The van der Waals surface area contributed by atoms with E-state index in [1.807, 2.05) is 36.4 Å². The molecular formula is C27H20Cl2N2O4S. The van der Waals surface area contributed by atoms with Crippen molar-refractivity contribution in [3.05, 3.63) is 113 Å². The van der Waals surface area contributed by atoms with Crippen molar-refractivity contribution in [2.45, 2.75) is 19.9 Å². The first-order chi connectivity index (χ1) is 17.4. The Hall–Kier alpha value is -3.39. The Bertz CT molecular complexity index is 1680. The zero-order chi connectivity index (χ0) is 25.4. The molecule has 0 saturated carbocycles. The van der Waals surface area contributed by atoms with Crippen molar-refractivity contribution in [3.63, 3.8) is 0 Å². The first-order valence-electron chi connectivity index (χ1n) is 11.2. The van der Waals surface area contributed by atoms with Gasteiger partial charge in [0.25, 0.3) is 5.56 Å². The minimum Gasteiger partial charge on any atom is -0.463 e. The number of benzene rings is 2. The van der Waals surface area contributed by atoms with Gasteiger partial charge in [-0.25, -0.2) is 9.79 Å². The van der Waals surface area contributed by atoms with E-state index >= 15 is 0 Å². The van der Waals surface area contributed by atoms with Crippen molar-refractivity contribution < 1.29 is 13.9 Å². The van der Waals surface area contributed by atoms with Crippen LogP contribution in [-0.4, -0.2) is 17.1 Å². The highest BCUT2D eigenvalue weighted by Crippen LogP contribution is 2.34. The van der Waals surface area contributed by atoms with Crippen LogP contribution in [0.15, 0.2) is 86.1 Å². The second kappa shape index (κ2) is 9.93. The molecule has 0 unspecified atom stereocenters. The maximum Gasteiger partial charge on any atom is 0.338 e. The van der Waals surface area contributed by atoms with Gasteiger partial charge in [0.1, 0.15) is 11.5 Å². The Labute approximate surface area is 220 Å². The summed E-state index contributed by atoms with van der Waals surface area (Å²) in [5.41, 5.74) is 2.03. The fourth-order valence-corrected chi connectivity index (χ4v) is 5.56. The highest BCUT2D eigenvalue weighted by Gasteiger charge is 2.33. The van der Waals surface area contributed by atoms with Gasteiger partial charge >= 0.3 is 5.97 Å². The molecule has 0 bridgehead atoms. The number of esters is 1. The van der Waals surface area contributed by atoms with E-state index < -0.39 is 12.0 Å². The van der Waals surface area contributed by atoms with E-state index in [0.29, 0.717) is 47.7 Å². The number of ether oxygens (including phenoxy) is 1. The number of aromatic nitrogens is 1. The standard InChI is InChI=1S/C27H20Cl2N2O4S/c1-3-34-26(33)22-15(2)30-27-31(24(22)16-8-5-4-6-9-16)25(32)21(36-27)14-17-12-13-20(35-17)18-10-7-11-19(28)23(18)29/h4-14,24H,3H2,1-2H3/b21-14+/t24-/m0/s1. The van der Waals surface area contributed by atoms with E-state index in [9.17, 15) is 9.59 Å². The van der Waals surface area contributed by atoms with Crippen LogP contribution in [0, 0.1) is 0 Å². The average Bonchev–Trinajstić information content (AvgIpc) is 3.45. The summed E-state index contributed by atoms with van der Waals surface area (Å²) in [6.45, 7) is 3.72. The topological polar surface area (TPSA) is 73.8 Å². The molecule has 2 aromatic heterocycles. The maximum atomic E-state index is 13.6. The Balaban J connectivity index is 1.64. The molecule has 1 aliphatic rings. The summed E-state index contributed by atoms with van der Waals surface area (Å²) in [6, 6.07) is 17.6. The van der Waals surface area contributed by atoms with E-state index in [1.54, 1.807) is 48.8 Å². The van der Waals surface area contributed by atoms with Crippen molar-refractivity contribution in [3.8, 4) is 11.3 Å². The number of carbonyl (C=O) groups is 1. The molecule has 0 spiro atoms. The third kappa shape index (κ3) is 4.34. The molecule has 1 aliphatic heterocycles. The van der Waals surface area contributed by atoms with E-state index in [2.05, 4.69) is 4.99 Å². The van der Waals surface area contributed by atoms with E-state index in [4.69, 9.17) is 32.4 Å². The lowest BCUT2D eigenvalue weighted by Crippen LogP contribution is -2.39. The number of halogens is 2. The number of hydrogen-bond acceptors (Lipinski definition) is 6. The quantitative estimate of drug-likeness (QED) is 0.320. The van der Waals surface area contributed by atoms with Crippen molar-refractivity contribution in [1.29, 1.82) is 0 Å². The molecule has 4 aromatic rings. The maximum absolute atomic E-state index is 13.6. The highest BCUT2D eigenvalue weighted by atomic mass is 35.5. The van der Waals surface area contributed by atoms with Crippen LogP contribution in [0.3, 0.4) is 0 Å². The van der Waals surface area contributed by atoms with Gasteiger partial charge in [-0.2, -0.15) is 0 Å². The number of furan rings is 1. The van der Waals surface area contributed by atoms with Gasteiger partial charge in [-0.05, 0) is 43.7 Å². The first-order valence-corrected chi connectivity index (χ1v) is 12.7. The summed E-state index contributed by atoms with van der Waals surface area (Å²) in [5, 5.41) is 0.818. The predicted molar refractivity (Wildman–Crippen MR) is 141 cm³/mol. The number of thiazole rings is 1. The van der Waals surface area contributed by atoms with E-state index in [1.165, 1.54) is 11.3 Å². The fourth-order valence-electron chi connectivity index (χ4n) is 4.14. The molecule has 36 heavy (non-hydrogen) atoms. The third-order valence-electron chi connectivity index (χ3n) is 5.75. The Morgan fingerprint density at radius 3 is 2.67 bits per heavy atom. The second-order valence-corrected chi connectivity index (χ2v) is 9.81. The lowest BCUT2D eigenvalue weighted by atomic mass is 9.96. The molecule has 182 valence electrons. The SMILES string of the molecule is CCOC(=O)C1=C(C)N=c2s/c(=C/c3ccc(-c4cccc(Cl)c4Cl)o3)c(=O)n2[C@H]1c1ccccc1. The average molecular weight is 539 g/mol. The zero-order valence-electron chi connectivity index (χ0n) is 19.3. The van der Waals surface area contributed by atoms with Gasteiger partial charge in [-0.1, -0.05) is 70.9 Å². The number of fused-ring (bicyclic) bond motifs is 1. The summed E-state index contributed by atoms with van der Waals surface area (Å²) in [7, 11) is 0. The Kier molecular flexibility index (Phi) is 6.71. The molecule has 3 heterocycles. The van der Waals surface area contributed by atoms with Gasteiger partial charge in [-0.3, -0.25) is 9.36 Å². The highest BCUT2D eigenvalue weighted by molar-refractivity contribution is 7.07. The molecule has 0 radical (unpaired) electrons. The minimum absolute atomic E-state index is 0.221. The third-order valence-corrected chi connectivity index (χ3v) is 7.55. The Morgan fingerprint density at radius 2 is 1.92 bits per heavy atom. The molecule has 0 amide bonds. The second-order valence-electron chi connectivity index (χ2n) is 8.02. The number of rotatable bonds is 5. The summed E-state index contributed by atoms with van der Waals surface area (Å²) in [4.78, 5) is 31.6. The molecule has 2 aromatic carbocycles. The van der Waals surface area contributed by atoms with E-state index in [0.717, 1.165) is 5.56 Å². The van der Waals surface area contributed by atoms with Crippen LogP contribution in [0.25, 0.3) is 17.4 Å². The van der Waals surface area contributed by atoms with Crippen LogP contribution in [0.5, 0.6) is 0 Å². The van der Waals surface area contributed by atoms with Crippen molar-refractivity contribution >= 4 is 46.6 Å². The molecule has 0 aliphatic carbocycles. The summed E-state index contributed by atoms with van der Waals surface area (Å²) in [5.74, 6) is 0.518. The van der Waals surface area contributed by atoms with Crippen LogP contribution >= 0.6 is 34.5 Å². The Morgan fingerprint density at radius 1 is 1.14 bits per heavy atom. The zero-order valence-corrected chi connectivity index (χ0v) is 21.7. The fraction of sp³-hybridized carbons (Fsp3) is 0.148. The van der Waals surface area contributed by atoms with Gasteiger partial charge in [0, 0.05) is 11.6 Å². The lowest BCUT2D eigenvalue weighted by molar-refractivity contribution is -0.139. The van der Waals surface area contributed by atoms with Gasteiger partial charge in [0.15, 0.2) is 4.80 Å². The van der Waals surface area contributed by atoms with Gasteiger partial charge in [0.05, 0.1) is 38.5 Å². The van der Waals surface area contributed by atoms with Gasteiger partial charge < -0.3 is 9.15 Å². The van der Waals surface area contributed by atoms with Crippen LogP contribution in [0.2, 0.25) is 10.0 Å². The smallest absolute Gasteiger partial charge is 0.338 e. The molecule has 0 N–H and O–H groups in total. The number of allylic oxidation sites excluding steroid dienone is 1. The first kappa shape index (κ1) is 24.3. The molecule has 1 atom stereocenters. The number of carbonyl (C=O) groups excluding carboxylic acids is 1. The normalized spacial score (nSPS) is 15.6. The molecule has 0 saturated heterocycles. The monoisotopic (exact) mass is 538 g/mol. The molecule has 6 nitrogen and oxygen atoms in total. The molecular weight excluding hydrogens is 519 g/mol. The van der Waals surface area contributed by atoms with Gasteiger partial charge in [0.2, 0.25) is 0 Å². The van der Waals surface area contributed by atoms with Crippen LogP contribution in [-0.2, 0) is 9.53 Å². The predicted octanol–water partition coefficient (Wildman–Crippen LogP) is 5.37. The lowest BCUT2D eigenvalue weighted by Gasteiger charge is -2.24. The van der Waals surface area contributed by atoms with Crippen molar-refractivity contribution in [2.24, 2.45) is 4.99 Å². The van der Waals surface area contributed by atoms with E-state index in [-0.39, 0.29) is 12.2 Å². The molecule has 9 heteroatoms.